The van der Waals surface area contributed by atoms with Gasteiger partial charge in [0, 0.05) is 0 Å². The van der Waals surface area contributed by atoms with Gasteiger partial charge < -0.3 is 0 Å². The quantitative estimate of drug-likeness (QED) is 0.488. The van der Waals surface area contributed by atoms with Gasteiger partial charge in [0.25, 0.3) is 0 Å². The van der Waals surface area contributed by atoms with Crippen LogP contribution in [0.2, 0.25) is 26.2 Å². The van der Waals surface area contributed by atoms with Crippen molar-refractivity contribution in [3.05, 3.63) is 23.6 Å². The highest BCUT2D eigenvalue weighted by molar-refractivity contribution is 7.44. The summed E-state index contributed by atoms with van der Waals surface area (Å²) in [7, 11) is -1.89. The summed E-state index contributed by atoms with van der Waals surface area (Å²) in [5.41, 5.74) is 4.94. The standard InChI is InChI=1S/C8H16Si2/c1-9(2)7-5-6-8-10(9,3)4/h5-8H,1-4H3. The van der Waals surface area contributed by atoms with Crippen LogP contribution in [0.1, 0.15) is 0 Å². The zero-order valence-electron chi connectivity index (χ0n) is 7.31. The minimum Gasteiger partial charge on any atom is -0.0967 e. The van der Waals surface area contributed by atoms with Crippen LogP contribution in [0.3, 0.4) is 0 Å². The second kappa shape index (κ2) is 2.20. The van der Waals surface area contributed by atoms with Crippen molar-refractivity contribution >= 4 is 15.2 Å². The first-order valence-corrected chi connectivity index (χ1v) is 11.0. The van der Waals surface area contributed by atoms with E-state index in [1.165, 1.54) is 0 Å². The second-order valence-electron chi connectivity index (χ2n) is 4.16. The van der Waals surface area contributed by atoms with Gasteiger partial charge >= 0.3 is 0 Å². The fraction of sp³-hybridized carbons (Fsp3) is 0.500. The fourth-order valence-corrected chi connectivity index (χ4v) is 6.22. The van der Waals surface area contributed by atoms with Crippen LogP contribution in [0.4, 0.5) is 0 Å². The zero-order chi connectivity index (χ0) is 7.83. The molecule has 0 unspecified atom stereocenters. The predicted octanol–water partition coefficient (Wildman–Crippen LogP) is 2.69. The lowest BCUT2D eigenvalue weighted by molar-refractivity contribution is 1.75. The summed E-state index contributed by atoms with van der Waals surface area (Å²) in [6.07, 6.45) is 4.45. The third-order valence-electron chi connectivity index (χ3n) is 2.80. The van der Waals surface area contributed by atoms with E-state index in [0.29, 0.717) is 0 Å². The molecule has 1 aliphatic rings. The highest BCUT2D eigenvalue weighted by Crippen LogP contribution is 2.24. The average molecular weight is 168 g/mol. The molecule has 1 aliphatic heterocycles. The van der Waals surface area contributed by atoms with E-state index in [2.05, 4.69) is 49.7 Å². The molecule has 2 heteroatoms. The van der Waals surface area contributed by atoms with Gasteiger partial charge in [-0.25, -0.2) is 0 Å². The third kappa shape index (κ3) is 1.18. The minimum atomic E-state index is -0.947. The maximum atomic E-state index is 2.47. The Morgan fingerprint density at radius 3 is 1.20 bits per heavy atom. The Kier molecular flexibility index (Phi) is 1.77. The van der Waals surface area contributed by atoms with Crippen molar-refractivity contribution in [3.8, 4) is 0 Å². The molecule has 56 valence electrons. The van der Waals surface area contributed by atoms with Gasteiger partial charge in [0.15, 0.2) is 0 Å². The third-order valence-corrected chi connectivity index (χ3v) is 19.1. The summed E-state index contributed by atoms with van der Waals surface area (Å²) in [6.45, 7) is 9.89. The molecule has 0 aromatic heterocycles. The van der Waals surface area contributed by atoms with E-state index in [9.17, 15) is 0 Å². The molecule has 0 radical (unpaired) electrons. The lowest BCUT2D eigenvalue weighted by atomic mass is 10.6. The molecular formula is C8H16Si2. The van der Waals surface area contributed by atoms with E-state index >= 15 is 0 Å². The van der Waals surface area contributed by atoms with E-state index in [4.69, 9.17) is 0 Å². The van der Waals surface area contributed by atoms with Crippen LogP contribution < -0.4 is 0 Å². The van der Waals surface area contributed by atoms with Gasteiger partial charge in [-0.05, 0) is 0 Å². The Bertz CT molecular complexity index is 165. The van der Waals surface area contributed by atoms with Crippen molar-refractivity contribution in [2.75, 3.05) is 0 Å². The molecule has 1 rings (SSSR count). The summed E-state index contributed by atoms with van der Waals surface area (Å²) in [4.78, 5) is 0. The van der Waals surface area contributed by atoms with Crippen molar-refractivity contribution in [1.29, 1.82) is 0 Å². The van der Waals surface area contributed by atoms with Gasteiger partial charge in [0.1, 0.15) is 0 Å². The van der Waals surface area contributed by atoms with Gasteiger partial charge in [-0.3, -0.25) is 0 Å². The number of hydrogen-bond donors (Lipinski definition) is 0. The average Bonchev–Trinajstić information content (AvgIpc) is 1.77. The summed E-state index contributed by atoms with van der Waals surface area (Å²) >= 11 is 0. The molecule has 1 heterocycles. The summed E-state index contributed by atoms with van der Waals surface area (Å²) in [5, 5.41) is 0. The smallest absolute Gasteiger partial charge is 0.0693 e. The Hall–Kier alpha value is -0.0862. The maximum Gasteiger partial charge on any atom is 0.0693 e. The van der Waals surface area contributed by atoms with E-state index < -0.39 is 15.2 Å². The largest absolute Gasteiger partial charge is 0.0967 e. The van der Waals surface area contributed by atoms with Gasteiger partial charge in [-0.2, -0.15) is 0 Å². The van der Waals surface area contributed by atoms with E-state index in [0.717, 1.165) is 0 Å². The lowest BCUT2D eigenvalue weighted by Crippen LogP contribution is -2.53. The second-order valence-corrected chi connectivity index (χ2v) is 19.4. The van der Waals surface area contributed by atoms with Gasteiger partial charge in [0.05, 0.1) is 15.2 Å². The molecule has 0 saturated carbocycles. The molecule has 0 aliphatic carbocycles. The Morgan fingerprint density at radius 2 is 1.00 bits per heavy atom. The van der Waals surface area contributed by atoms with Crippen LogP contribution in [0, 0.1) is 0 Å². The van der Waals surface area contributed by atoms with E-state index in [-0.39, 0.29) is 0 Å². The van der Waals surface area contributed by atoms with Crippen molar-refractivity contribution in [2.24, 2.45) is 0 Å². The molecule has 0 aromatic rings. The van der Waals surface area contributed by atoms with Gasteiger partial charge in [-0.1, -0.05) is 49.7 Å². The zero-order valence-corrected chi connectivity index (χ0v) is 9.31. The van der Waals surface area contributed by atoms with Crippen LogP contribution in [0.25, 0.3) is 0 Å². The Balaban J connectivity index is 2.96. The van der Waals surface area contributed by atoms with Crippen LogP contribution in [-0.4, -0.2) is 15.2 Å². The van der Waals surface area contributed by atoms with Crippen molar-refractivity contribution < 1.29 is 0 Å². The molecule has 0 bridgehead atoms. The summed E-state index contributed by atoms with van der Waals surface area (Å²) < 4.78 is 0. The molecule has 0 amide bonds. The van der Waals surface area contributed by atoms with Crippen LogP contribution in [-0.2, 0) is 0 Å². The molecule has 0 N–H and O–H groups in total. The molecule has 0 aromatic carbocycles. The fourth-order valence-electron chi connectivity index (χ4n) is 1.02. The predicted molar refractivity (Wildman–Crippen MR) is 53.2 cm³/mol. The highest BCUT2D eigenvalue weighted by Gasteiger charge is 2.37. The molecule has 10 heavy (non-hydrogen) atoms. The molecule has 0 nitrogen and oxygen atoms in total. The first-order valence-electron chi connectivity index (χ1n) is 3.83. The van der Waals surface area contributed by atoms with Crippen molar-refractivity contribution in [3.63, 3.8) is 0 Å². The molecular weight excluding hydrogens is 152 g/mol. The molecule has 0 fully saturated rings. The van der Waals surface area contributed by atoms with Crippen molar-refractivity contribution in [2.45, 2.75) is 26.2 Å². The summed E-state index contributed by atoms with van der Waals surface area (Å²) in [6, 6.07) is 0. The maximum absolute atomic E-state index is 2.47. The first kappa shape index (κ1) is 8.01. The molecule has 0 atom stereocenters. The lowest BCUT2D eigenvalue weighted by Gasteiger charge is -2.35. The summed E-state index contributed by atoms with van der Waals surface area (Å²) in [5.74, 6) is 0. The van der Waals surface area contributed by atoms with Gasteiger partial charge in [0.2, 0.25) is 0 Å². The Labute approximate surface area is 65.5 Å². The van der Waals surface area contributed by atoms with Crippen LogP contribution >= 0.6 is 0 Å². The Morgan fingerprint density at radius 1 is 0.700 bits per heavy atom. The first-order chi connectivity index (χ1) is 4.46. The number of allylic oxidation sites excluding steroid dienone is 2. The van der Waals surface area contributed by atoms with E-state index in [1.54, 1.807) is 0 Å². The molecule has 0 spiro atoms. The monoisotopic (exact) mass is 168 g/mol. The van der Waals surface area contributed by atoms with Gasteiger partial charge in [-0.15, -0.1) is 0 Å². The normalized spacial score (nSPS) is 26.8. The topological polar surface area (TPSA) is 0 Å². The number of rotatable bonds is 0. The highest BCUT2D eigenvalue weighted by atomic mass is 29.3. The SMILES string of the molecule is C[Si]1(C)C=CC=C[Si]1(C)C. The molecule has 0 saturated heterocycles. The van der Waals surface area contributed by atoms with Crippen molar-refractivity contribution in [1.82, 2.24) is 0 Å². The number of hydrogen-bond acceptors (Lipinski definition) is 0. The van der Waals surface area contributed by atoms with E-state index in [1.807, 2.05) is 0 Å². The van der Waals surface area contributed by atoms with Crippen LogP contribution in [0.15, 0.2) is 23.6 Å². The minimum absolute atomic E-state index is 0.947. The van der Waals surface area contributed by atoms with Crippen LogP contribution in [0.5, 0.6) is 0 Å².